The Hall–Kier alpha value is -1.02. The molecule has 0 aliphatic carbocycles. The summed E-state index contributed by atoms with van der Waals surface area (Å²) in [6.45, 7) is 4.02. The van der Waals surface area contributed by atoms with Crippen molar-refractivity contribution in [1.82, 2.24) is 0 Å². The molecule has 1 nitrogen and oxygen atoms in total. The summed E-state index contributed by atoms with van der Waals surface area (Å²) < 4.78 is 0. The zero-order valence-electron chi connectivity index (χ0n) is 7.70. The van der Waals surface area contributed by atoms with Gasteiger partial charge in [0.15, 0.2) is 0 Å². The Labute approximate surface area is 82.9 Å². The third kappa shape index (κ3) is 1.68. The van der Waals surface area contributed by atoms with E-state index in [0.29, 0.717) is 0 Å². The van der Waals surface area contributed by atoms with Crippen molar-refractivity contribution < 1.29 is 0 Å². The summed E-state index contributed by atoms with van der Waals surface area (Å²) in [7, 11) is 0. The molecule has 0 bridgehead atoms. The standard InChI is InChI=1S/C11H11NS/c1-7-3-4-9-10(5-7)11(9)12-6-8(2)13/h3-6,13H,1-2H3/b8-6-,12-11?. The molecule has 0 fully saturated rings. The molecule has 0 spiro atoms. The summed E-state index contributed by atoms with van der Waals surface area (Å²) in [6, 6.07) is 6.39. The lowest BCUT2D eigenvalue weighted by Crippen LogP contribution is -1.76. The van der Waals surface area contributed by atoms with Gasteiger partial charge in [0.05, 0.1) is 5.36 Å². The number of hydrogen-bond donors (Lipinski definition) is 1. The predicted molar refractivity (Wildman–Crippen MR) is 59.4 cm³/mol. The van der Waals surface area contributed by atoms with Gasteiger partial charge in [0.25, 0.3) is 0 Å². The summed E-state index contributed by atoms with van der Waals surface area (Å²) in [5, 5.41) is 3.67. The molecule has 0 unspecified atom stereocenters. The summed E-state index contributed by atoms with van der Waals surface area (Å²) in [6.07, 6.45) is 1.79. The van der Waals surface area contributed by atoms with E-state index in [1.165, 1.54) is 16.3 Å². The van der Waals surface area contributed by atoms with Crippen molar-refractivity contribution in [3.63, 3.8) is 0 Å². The highest BCUT2D eigenvalue weighted by molar-refractivity contribution is 7.84. The van der Waals surface area contributed by atoms with Gasteiger partial charge in [0.1, 0.15) is 0 Å². The second kappa shape index (κ2) is 3.04. The molecule has 66 valence electrons. The van der Waals surface area contributed by atoms with Crippen molar-refractivity contribution in [2.75, 3.05) is 0 Å². The fourth-order valence-corrected chi connectivity index (χ4v) is 1.37. The highest BCUT2D eigenvalue weighted by Crippen LogP contribution is 2.16. The van der Waals surface area contributed by atoms with Crippen LogP contribution in [0.25, 0.3) is 10.8 Å². The van der Waals surface area contributed by atoms with Crippen LogP contribution in [0.1, 0.15) is 12.5 Å². The first-order valence-electron chi connectivity index (χ1n) is 4.23. The third-order valence-electron chi connectivity index (χ3n) is 2.00. The average Bonchev–Trinajstić information content (AvgIpc) is 2.73. The normalized spacial score (nSPS) is 14.7. The minimum Gasteiger partial charge on any atom is -0.255 e. The first-order valence-corrected chi connectivity index (χ1v) is 4.68. The van der Waals surface area contributed by atoms with Crippen LogP contribution in [-0.4, -0.2) is 0 Å². The number of nitrogens with zero attached hydrogens (tertiary/aromatic N) is 1. The number of fused-ring (bicyclic) bond motifs is 1. The number of hydrogen-bond acceptors (Lipinski definition) is 2. The fraction of sp³-hybridized carbons (Fsp3) is 0.182. The van der Waals surface area contributed by atoms with Crippen LogP contribution in [0.5, 0.6) is 0 Å². The molecule has 0 aliphatic heterocycles. The molecule has 0 radical (unpaired) electrons. The van der Waals surface area contributed by atoms with E-state index in [9.17, 15) is 0 Å². The fourth-order valence-electron chi connectivity index (χ4n) is 1.31. The van der Waals surface area contributed by atoms with Gasteiger partial charge >= 0.3 is 0 Å². The number of rotatable bonds is 1. The molecule has 0 aliphatic rings. The van der Waals surface area contributed by atoms with E-state index in [-0.39, 0.29) is 0 Å². The summed E-state index contributed by atoms with van der Waals surface area (Å²) in [5.41, 5.74) is 1.29. The Bertz CT molecular complexity index is 495. The highest BCUT2D eigenvalue weighted by Gasteiger charge is 2.07. The van der Waals surface area contributed by atoms with E-state index in [0.717, 1.165) is 10.3 Å². The van der Waals surface area contributed by atoms with Crippen molar-refractivity contribution in [3.05, 3.63) is 40.2 Å². The Morgan fingerprint density at radius 2 is 2.15 bits per heavy atom. The minimum absolute atomic E-state index is 0.932. The largest absolute Gasteiger partial charge is 0.255 e. The first-order chi connectivity index (χ1) is 6.18. The van der Waals surface area contributed by atoms with Gasteiger partial charge in [-0.1, -0.05) is 17.7 Å². The molecule has 0 saturated carbocycles. The van der Waals surface area contributed by atoms with Crippen LogP contribution in [0.4, 0.5) is 0 Å². The highest BCUT2D eigenvalue weighted by atomic mass is 32.1. The van der Waals surface area contributed by atoms with Crippen LogP contribution in [0.3, 0.4) is 0 Å². The van der Waals surface area contributed by atoms with Crippen LogP contribution >= 0.6 is 12.6 Å². The summed E-state index contributed by atoms with van der Waals surface area (Å²) in [4.78, 5) is 5.25. The maximum absolute atomic E-state index is 4.32. The molecular weight excluding hydrogens is 178 g/mol. The molecule has 0 N–H and O–H groups in total. The van der Waals surface area contributed by atoms with Gasteiger partial charge in [-0.25, -0.2) is 0 Å². The molecule has 0 atom stereocenters. The van der Waals surface area contributed by atoms with Crippen molar-refractivity contribution in [2.24, 2.45) is 4.99 Å². The molecule has 2 heteroatoms. The van der Waals surface area contributed by atoms with Gasteiger partial charge in [-0.05, 0) is 24.8 Å². The van der Waals surface area contributed by atoms with Gasteiger partial charge in [0.2, 0.25) is 0 Å². The molecule has 2 aromatic rings. The zero-order valence-corrected chi connectivity index (χ0v) is 8.60. The van der Waals surface area contributed by atoms with Gasteiger partial charge < -0.3 is 0 Å². The van der Waals surface area contributed by atoms with E-state index in [2.05, 4.69) is 42.7 Å². The van der Waals surface area contributed by atoms with Crippen LogP contribution in [-0.2, 0) is 0 Å². The summed E-state index contributed by atoms with van der Waals surface area (Å²) in [5.74, 6) is 0. The quantitative estimate of drug-likeness (QED) is 0.662. The lowest BCUT2D eigenvalue weighted by Gasteiger charge is -1.81. The Kier molecular flexibility index (Phi) is 2.00. The van der Waals surface area contributed by atoms with Gasteiger partial charge in [-0.15, -0.1) is 12.6 Å². The minimum atomic E-state index is 0.932. The second-order valence-electron chi connectivity index (χ2n) is 3.30. The average molecular weight is 189 g/mol. The molecule has 2 rings (SSSR count). The van der Waals surface area contributed by atoms with E-state index in [1.54, 1.807) is 6.20 Å². The second-order valence-corrected chi connectivity index (χ2v) is 4.00. The van der Waals surface area contributed by atoms with Gasteiger partial charge in [0, 0.05) is 17.0 Å². The van der Waals surface area contributed by atoms with Crippen LogP contribution in [0.15, 0.2) is 34.3 Å². The van der Waals surface area contributed by atoms with Crippen molar-refractivity contribution in [3.8, 4) is 0 Å². The molecule has 13 heavy (non-hydrogen) atoms. The van der Waals surface area contributed by atoms with E-state index in [1.807, 2.05) is 6.92 Å². The van der Waals surface area contributed by atoms with Crippen molar-refractivity contribution in [2.45, 2.75) is 13.8 Å². The predicted octanol–water partition coefficient (Wildman–Crippen LogP) is 2.72. The van der Waals surface area contributed by atoms with Crippen LogP contribution < -0.4 is 5.36 Å². The number of thiol groups is 1. The Balaban J connectivity index is 2.47. The van der Waals surface area contributed by atoms with E-state index in [4.69, 9.17) is 0 Å². The van der Waals surface area contributed by atoms with Gasteiger partial charge in [-0.3, -0.25) is 4.99 Å². The Morgan fingerprint density at radius 1 is 1.38 bits per heavy atom. The number of allylic oxidation sites excluding steroid dienone is 1. The topological polar surface area (TPSA) is 12.4 Å². The van der Waals surface area contributed by atoms with Crippen molar-refractivity contribution in [1.29, 1.82) is 0 Å². The smallest absolute Gasteiger partial charge is 0.0788 e. The monoisotopic (exact) mass is 189 g/mol. The SMILES string of the molecule is C/C(S)=C/N=c1c2ccc(C)cc12. The maximum atomic E-state index is 4.32. The van der Waals surface area contributed by atoms with Crippen LogP contribution in [0, 0.1) is 6.92 Å². The molecule has 0 amide bonds. The lowest BCUT2D eigenvalue weighted by atomic mass is 10.2. The molecule has 2 aromatic carbocycles. The Morgan fingerprint density at radius 3 is 2.77 bits per heavy atom. The summed E-state index contributed by atoms with van der Waals surface area (Å²) >= 11 is 4.15. The molecule has 0 aromatic heterocycles. The molecule has 0 heterocycles. The number of benzene rings is 1. The first kappa shape index (κ1) is 8.57. The molecule has 0 saturated heterocycles. The van der Waals surface area contributed by atoms with E-state index >= 15 is 0 Å². The zero-order chi connectivity index (χ0) is 9.42. The maximum Gasteiger partial charge on any atom is 0.0788 e. The number of aryl methyl sites for hydroxylation is 1. The van der Waals surface area contributed by atoms with Crippen LogP contribution in [0.2, 0.25) is 0 Å². The van der Waals surface area contributed by atoms with Gasteiger partial charge in [-0.2, -0.15) is 0 Å². The molecular formula is C11H11NS. The third-order valence-corrected chi connectivity index (χ3v) is 2.12. The van der Waals surface area contributed by atoms with E-state index < -0.39 is 0 Å². The van der Waals surface area contributed by atoms with Crippen molar-refractivity contribution >= 4 is 23.4 Å². The lowest BCUT2D eigenvalue weighted by molar-refractivity contribution is 1.42.